The molecule has 0 amide bonds. The van der Waals surface area contributed by atoms with Crippen molar-refractivity contribution in [2.75, 3.05) is 25.5 Å². The molecule has 2 unspecified atom stereocenters. The third kappa shape index (κ3) is 4.97. The van der Waals surface area contributed by atoms with Gasteiger partial charge in [0.1, 0.15) is 18.3 Å². The lowest BCUT2D eigenvalue weighted by atomic mass is 10.1. The zero-order valence-corrected chi connectivity index (χ0v) is 20.3. The molecule has 3 aromatic heterocycles. The van der Waals surface area contributed by atoms with Crippen molar-refractivity contribution in [3.8, 4) is 17.4 Å². The van der Waals surface area contributed by atoms with Crippen molar-refractivity contribution in [1.82, 2.24) is 34.7 Å². The summed E-state index contributed by atoms with van der Waals surface area (Å²) < 4.78 is 22.0. The molecular weight excluding hydrogens is 468 g/mol. The molecule has 1 N–H and O–H groups in total. The second kappa shape index (κ2) is 10.5. The Morgan fingerprint density at radius 2 is 1.82 bits per heavy atom. The summed E-state index contributed by atoms with van der Waals surface area (Å²) in [7, 11) is 3.08. The number of halogens is 1. The highest BCUT2D eigenvalue weighted by atomic mass is 35.5. The Hall–Kier alpha value is -2.70. The first kappa shape index (κ1) is 23.5. The van der Waals surface area contributed by atoms with Gasteiger partial charge in [0.15, 0.2) is 11.5 Å². The Labute approximate surface area is 200 Å². The van der Waals surface area contributed by atoms with Gasteiger partial charge in [0, 0.05) is 30.2 Å². The summed E-state index contributed by atoms with van der Waals surface area (Å²) in [6.45, 7) is 4.81. The van der Waals surface area contributed by atoms with Crippen LogP contribution in [0.5, 0.6) is 11.8 Å². The third-order valence-corrected chi connectivity index (χ3v) is 6.63. The molecule has 0 saturated carbocycles. The summed E-state index contributed by atoms with van der Waals surface area (Å²) in [5.74, 6) is 2.55. The maximum absolute atomic E-state index is 5.92. The summed E-state index contributed by atoms with van der Waals surface area (Å²) in [6, 6.07) is 0. The Morgan fingerprint density at radius 3 is 2.42 bits per heavy atom. The number of aromatic nitrogens is 7. The highest BCUT2D eigenvalue weighted by Gasteiger charge is 2.30. The van der Waals surface area contributed by atoms with E-state index in [9.17, 15) is 0 Å². The van der Waals surface area contributed by atoms with E-state index in [2.05, 4.69) is 48.7 Å². The van der Waals surface area contributed by atoms with E-state index in [-0.39, 0.29) is 17.3 Å². The molecule has 1 aliphatic rings. The molecule has 1 fully saturated rings. The number of ether oxygens (including phenoxy) is 3. The minimum absolute atomic E-state index is 0.0536. The molecule has 0 aliphatic carbocycles. The van der Waals surface area contributed by atoms with Crippen LogP contribution < -0.4 is 14.2 Å². The van der Waals surface area contributed by atoms with Crippen LogP contribution in [0, 0.1) is 0 Å². The Morgan fingerprint density at radius 1 is 1.12 bits per heavy atom. The fourth-order valence-electron chi connectivity index (χ4n) is 3.43. The molecule has 0 radical (unpaired) electrons. The molecule has 3 aromatic rings. The number of hydrogen-bond donors (Lipinski definition) is 1. The number of nitrogens with zero attached hydrogens (tertiary/aromatic N) is 7. The molecule has 13 heteroatoms. The number of nitrogens with one attached hydrogen (secondary N) is 1. The second-order valence-electron chi connectivity index (χ2n) is 7.43. The number of rotatable bonds is 9. The van der Waals surface area contributed by atoms with E-state index >= 15 is 0 Å². The maximum atomic E-state index is 5.92. The van der Waals surface area contributed by atoms with E-state index < -0.39 is 0 Å². The van der Waals surface area contributed by atoms with E-state index in [0.717, 1.165) is 12.8 Å². The second-order valence-corrected chi connectivity index (χ2v) is 9.05. The highest BCUT2D eigenvalue weighted by Crippen LogP contribution is 2.37. The zero-order valence-electron chi connectivity index (χ0n) is 18.7. The molecule has 1 aliphatic heterocycles. The van der Waals surface area contributed by atoms with Gasteiger partial charge in [0.2, 0.25) is 17.7 Å². The lowest BCUT2D eigenvalue weighted by Crippen LogP contribution is -2.16. The third-order valence-electron chi connectivity index (χ3n) is 5.36. The first-order valence-electron chi connectivity index (χ1n) is 10.4. The van der Waals surface area contributed by atoms with Gasteiger partial charge in [0.25, 0.3) is 0 Å². The van der Waals surface area contributed by atoms with Crippen molar-refractivity contribution in [3.05, 3.63) is 35.4 Å². The summed E-state index contributed by atoms with van der Waals surface area (Å²) >= 11 is 7.40. The predicted octanol–water partition coefficient (Wildman–Crippen LogP) is 3.62. The molecule has 3 atom stereocenters. The van der Waals surface area contributed by atoms with Crippen LogP contribution in [0.15, 0.2) is 18.7 Å². The highest BCUT2D eigenvalue weighted by molar-refractivity contribution is 8.01. The van der Waals surface area contributed by atoms with Crippen molar-refractivity contribution in [2.45, 2.75) is 44.0 Å². The van der Waals surface area contributed by atoms with E-state index in [4.69, 9.17) is 25.8 Å². The molecule has 0 spiro atoms. The predicted molar refractivity (Wildman–Crippen MR) is 124 cm³/mol. The summed E-state index contributed by atoms with van der Waals surface area (Å²) in [4.78, 5) is 17.2. The smallest absolute Gasteiger partial charge is 0.245 e. The monoisotopic (exact) mass is 492 g/mol. The Bertz CT molecular complexity index is 1060. The van der Waals surface area contributed by atoms with Crippen molar-refractivity contribution in [2.24, 2.45) is 0 Å². The van der Waals surface area contributed by atoms with Crippen LogP contribution in [0.3, 0.4) is 0 Å². The molecule has 4 rings (SSSR count). The lowest BCUT2D eigenvalue weighted by Gasteiger charge is -2.20. The van der Waals surface area contributed by atoms with Crippen LogP contribution in [-0.4, -0.2) is 60.8 Å². The van der Waals surface area contributed by atoms with Crippen LogP contribution in [0.2, 0.25) is 5.02 Å². The van der Waals surface area contributed by atoms with Gasteiger partial charge in [-0.1, -0.05) is 25.4 Å². The lowest BCUT2D eigenvalue weighted by molar-refractivity contribution is 0.103. The van der Waals surface area contributed by atoms with Gasteiger partial charge >= 0.3 is 0 Å². The largest absolute Gasteiger partial charge is 0.479 e. The minimum Gasteiger partial charge on any atom is -0.479 e. The Kier molecular flexibility index (Phi) is 7.46. The first-order chi connectivity index (χ1) is 16.0. The quantitative estimate of drug-likeness (QED) is 0.440. The van der Waals surface area contributed by atoms with Gasteiger partial charge in [-0.2, -0.15) is 9.97 Å². The van der Waals surface area contributed by atoms with Crippen LogP contribution in [0.25, 0.3) is 5.69 Å². The van der Waals surface area contributed by atoms with Crippen molar-refractivity contribution < 1.29 is 14.2 Å². The van der Waals surface area contributed by atoms with Gasteiger partial charge in [-0.3, -0.25) is 9.29 Å². The van der Waals surface area contributed by atoms with Gasteiger partial charge in [-0.15, -0.1) is 10.2 Å². The molecule has 33 heavy (non-hydrogen) atoms. The molecule has 0 bridgehead atoms. The van der Waals surface area contributed by atoms with Gasteiger partial charge in [-0.25, -0.2) is 9.97 Å². The van der Waals surface area contributed by atoms with Crippen LogP contribution in [-0.2, 0) is 4.74 Å². The van der Waals surface area contributed by atoms with Crippen molar-refractivity contribution >= 4 is 29.5 Å². The van der Waals surface area contributed by atoms with Crippen LogP contribution in [0.1, 0.15) is 50.4 Å². The van der Waals surface area contributed by atoms with Gasteiger partial charge in [0.05, 0.1) is 19.2 Å². The fourth-order valence-corrected chi connectivity index (χ4v) is 4.27. The van der Waals surface area contributed by atoms with Crippen molar-refractivity contribution in [3.63, 3.8) is 0 Å². The van der Waals surface area contributed by atoms with Crippen LogP contribution >= 0.6 is 23.5 Å². The summed E-state index contributed by atoms with van der Waals surface area (Å²) in [5, 5.41) is 9.41. The average Bonchev–Trinajstić information content (AvgIpc) is 3.51. The van der Waals surface area contributed by atoms with E-state index in [1.54, 1.807) is 31.2 Å². The number of hydrogen-bond acceptors (Lipinski definition) is 11. The molecule has 0 aromatic carbocycles. The molecule has 4 heterocycles. The number of methoxy groups -OCH3 is 2. The van der Waals surface area contributed by atoms with Gasteiger partial charge in [-0.05, 0) is 24.8 Å². The number of anilines is 1. The molecule has 11 nitrogen and oxygen atoms in total. The topological polar surface area (TPSA) is 122 Å². The summed E-state index contributed by atoms with van der Waals surface area (Å²) in [6.07, 6.45) is 6.17. The van der Waals surface area contributed by atoms with Gasteiger partial charge < -0.3 is 14.2 Å². The standard InChI is InChI=1S/C20H25ClN8O3S/c1-11(16-22-8-13(21)9-23-16)12(2)33-28-20-27-26-17(14-6-5-7-32-14)29(20)15-18(30-3)24-10-25-19(15)31-4/h8-12,14H,5-7H2,1-4H3,(H,27,28)/t11-,12?,14?/m0/s1. The molecular formula is C20H25ClN8O3S. The maximum Gasteiger partial charge on any atom is 0.245 e. The van der Waals surface area contributed by atoms with E-state index in [1.165, 1.54) is 18.3 Å². The minimum atomic E-state index is -0.202. The van der Waals surface area contributed by atoms with Crippen molar-refractivity contribution in [1.29, 1.82) is 0 Å². The van der Waals surface area contributed by atoms with Crippen LogP contribution in [0.4, 0.5) is 5.95 Å². The van der Waals surface area contributed by atoms with E-state index in [0.29, 0.717) is 46.7 Å². The van der Waals surface area contributed by atoms with E-state index in [1.807, 2.05) is 0 Å². The summed E-state index contributed by atoms with van der Waals surface area (Å²) in [5.41, 5.74) is 0.503. The molecule has 1 saturated heterocycles. The zero-order chi connectivity index (χ0) is 23.4. The normalized spacial score (nSPS) is 17.5. The fraction of sp³-hybridized carbons (Fsp3) is 0.500. The molecule has 176 valence electrons. The average molecular weight is 493 g/mol. The first-order valence-corrected chi connectivity index (χ1v) is 11.7. The Balaban J connectivity index is 1.65. The SMILES string of the molecule is COc1ncnc(OC)c1-n1c(NSC(C)[C@H](C)c2ncc(Cl)cn2)nnc1C1CCCO1.